The topological polar surface area (TPSA) is 123 Å². The van der Waals surface area contributed by atoms with Gasteiger partial charge in [0.1, 0.15) is 0 Å². The van der Waals surface area contributed by atoms with Crippen molar-refractivity contribution in [2.75, 3.05) is 19.7 Å². The molecule has 33 heavy (non-hydrogen) atoms. The maximum absolute atomic E-state index is 14.2. The van der Waals surface area contributed by atoms with Crippen LogP contribution in [0.4, 0.5) is 4.39 Å². The van der Waals surface area contributed by atoms with Crippen LogP contribution in [-0.2, 0) is 9.59 Å². The Morgan fingerprint density at radius 2 is 2.15 bits per heavy atom. The minimum Gasteiger partial charge on any atom is -0.490 e. The van der Waals surface area contributed by atoms with E-state index in [0.717, 1.165) is 36.9 Å². The molecule has 2 fully saturated rings. The summed E-state index contributed by atoms with van der Waals surface area (Å²) in [5, 5.41) is 7.17. The number of carbonyl (C=O) groups is 2. The van der Waals surface area contributed by atoms with E-state index in [1.165, 1.54) is 12.3 Å². The van der Waals surface area contributed by atoms with Crippen molar-refractivity contribution in [1.82, 2.24) is 15.6 Å². The van der Waals surface area contributed by atoms with Gasteiger partial charge in [-0.25, -0.2) is 10.2 Å². The molecule has 1 aromatic carbocycles. The predicted octanol–water partition coefficient (Wildman–Crippen LogP) is 2.26. The van der Waals surface area contributed by atoms with Gasteiger partial charge >= 0.3 is 0 Å². The Hall–Kier alpha value is -2.65. The highest BCUT2D eigenvalue weighted by Crippen LogP contribution is 2.32. The van der Waals surface area contributed by atoms with Gasteiger partial charge in [0.05, 0.1) is 12.6 Å². The Balaban J connectivity index is 1.48. The molecule has 0 aromatic heterocycles. The van der Waals surface area contributed by atoms with Crippen LogP contribution in [0.25, 0.3) is 0 Å². The van der Waals surface area contributed by atoms with Gasteiger partial charge in [-0.05, 0) is 68.7 Å². The van der Waals surface area contributed by atoms with Crippen molar-refractivity contribution >= 4 is 11.8 Å². The molecule has 1 saturated carbocycles. The fourth-order valence-electron chi connectivity index (χ4n) is 3.96. The normalized spacial score (nSPS) is 19.8. The third-order valence-corrected chi connectivity index (χ3v) is 6.31. The van der Waals surface area contributed by atoms with Crippen molar-refractivity contribution in [3.8, 4) is 5.75 Å². The number of nitrogens with two attached hydrogens (primary N) is 2. The summed E-state index contributed by atoms with van der Waals surface area (Å²) in [5.74, 6) is 6.45. The molecule has 1 heterocycles. The Kier molecular flexibility index (Phi) is 9.08. The van der Waals surface area contributed by atoms with Gasteiger partial charge in [0, 0.05) is 30.8 Å². The summed E-state index contributed by atoms with van der Waals surface area (Å²) in [7, 11) is 0. The van der Waals surface area contributed by atoms with Crippen LogP contribution in [0, 0.1) is 11.7 Å². The number of imide groups is 1. The zero-order chi connectivity index (χ0) is 23.8. The number of hydrazine groups is 1. The third-order valence-electron chi connectivity index (χ3n) is 6.31. The van der Waals surface area contributed by atoms with E-state index in [-0.39, 0.29) is 29.6 Å². The molecular formula is C24H36FN5O3. The smallest absolute Gasteiger partial charge is 0.243 e. The summed E-state index contributed by atoms with van der Waals surface area (Å²) >= 11 is 0. The highest BCUT2D eigenvalue weighted by atomic mass is 19.1. The van der Waals surface area contributed by atoms with Crippen LogP contribution in [0.15, 0.2) is 30.1 Å². The molecule has 2 atom stereocenters. The van der Waals surface area contributed by atoms with Gasteiger partial charge < -0.3 is 20.8 Å². The quantitative estimate of drug-likeness (QED) is 0.154. The molecule has 3 rings (SSSR count). The molecule has 182 valence electrons. The summed E-state index contributed by atoms with van der Waals surface area (Å²) in [6.07, 6.45) is 6.88. The van der Waals surface area contributed by atoms with Crippen molar-refractivity contribution in [1.29, 1.82) is 0 Å². The Bertz CT molecular complexity index is 859. The monoisotopic (exact) mass is 461 g/mol. The Morgan fingerprint density at radius 1 is 1.36 bits per heavy atom. The molecule has 0 bridgehead atoms. The van der Waals surface area contributed by atoms with E-state index >= 15 is 0 Å². The third kappa shape index (κ3) is 7.43. The zero-order valence-corrected chi connectivity index (χ0v) is 19.3. The van der Waals surface area contributed by atoms with Crippen LogP contribution < -0.4 is 26.9 Å². The van der Waals surface area contributed by atoms with E-state index in [4.69, 9.17) is 16.3 Å². The van der Waals surface area contributed by atoms with Crippen molar-refractivity contribution in [2.45, 2.75) is 63.8 Å². The minimum atomic E-state index is -0.346. The zero-order valence-electron chi connectivity index (χ0n) is 19.3. The number of benzene rings is 1. The van der Waals surface area contributed by atoms with Gasteiger partial charge in [0.2, 0.25) is 11.8 Å². The molecule has 6 N–H and O–H groups in total. The van der Waals surface area contributed by atoms with Crippen LogP contribution in [0.1, 0.15) is 63.4 Å². The Labute approximate surface area is 194 Å². The highest BCUT2D eigenvalue weighted by Gasteiger charge is 2.26. The van der Waals surface area contributed by atoms with Gasteiger partial charge in [-0.3, -0.25) is 14.9 Å². The van der Waals surface area contributed by atoms with Crippen LogP contribution >= 0.6 is 0 Å². The van der Waals surface area contributed by atoms with Crippen molar-refractivity contribution < 1.29 is 18.7 Å². The van der Waals surface area contributed by atoms with Crippen molar-refractivity contribution in [2.24, 2.45) is 17.5 Å². The van der Waals surface area contributed by atoms with Gasteiger partial charge in [-0.1, -0.05) is 13.0 Å². The number of rotatable bonds is 13. The first kappa shape index (κ1) is 25.0. The van der Waals surface area contributed by atoms with Gasteiger partial charge in [-0.2, -0.15) is 0 Å². The first-order valence-electron chi connectivity index (χ1n) is 11.8. The molecule has 2 aliphatic rings. The van der Waals surface area contributed by atoms with E-state index in [2.05, 4.69) is 17.6 Å². The molecule has 0 radical (unpaired) electrons. The number of allylic oxidation sites excluding steroid dienone is 1. The first-order valence-corrected chi connectivity index (χ1v) is 11.8. The Morgan fingerprint density at radius 3 is 2.82 bits per heavy atom. The average molecular weight is 462 g/mol. The first-order chi connectivity index (χ1) is 15.9. The lowest BCUT2D eigenvalue weighted by atomic mass is 9.95. The van der Waals surface area contributed by atoms with E-state index in [0.29, 0.717) is 50.6 Å². The summed E-state index contributed by atoms with van der Waals surface area (Å²) in [4.78, 5) is 23.1. The van der Waals surface area contributed by atoms with E-state index in [9.17, 15) is 14.0 Å². The number of nitrogens with one attached hydrogen (secondary N) is 2. The highest BCUT2D eigenvalue weighted by molar-refractivity contribution is 6.00. The number of halogens is 1. The molecule has 2 unspecified atom stereocenters. The summed E-state index contributed by atoms with van der Waals surface area (Å²) < 4.78 is 19.9. The van der Waals surface area contributed by atoms with Crippen LogP contribution in [0.3, 0.4) is 0 Å². The number of carbonyl (C=O) groups excluding carboxylic acids is 2. The second-order valence-corrected chi connectivity index (χ2v) is 8.92. The molecule has 1 saturated heterocycles. The molecular weight excluding hydrogens is 425 g/mol. The average Bonchev–Trinajstić information content (AvgIpc) is 3.62. The van der Waals surface area contributed by atoms with E-state index in [1.54, 1.807) is 17.1 Å². The number of ether oxygens (including phenoxy) is 1. The molecule has 0 spiro atoms. The molecule has 1 aliphatic carbocycles. The lowest BCUT2D eigenvalue weighted by Gasteiger charge is -2.27. The second-order valence-electron chi connectivity index (χ2n) is 8.92. The van der Waals surface area contributed by atoms with Crippen LogP contribution in [0.5, 0.6) is 5.75 Å². The molecule has 9 heteroatoms. The molecule has 8 nitrogen and oxygen atoms in total. The van der Waals surface area contributed by atoms with E-state index in [1.807, 2.05) is 0 Å². The lowest BCUT2D eigenvalue weighted by molar-refractivity contribution is -0.134. The number of piperidine rings is 1. The fraction of sp³-hybridized carbons (Fsp3) is 0.583. The number of amides is 2. The second kappa shape index (κ2) is 12.0. The molecule has 2 amide bonds. The predicted molar refractivity (Wildman–Crippen MR) is 124 cm³/mol. The summed E-state index contributed by atoms with van der Waals surface area (Å²) in [6, 6.07) is 4.69. The van der Waals surface area contributed by atoms with Crippen LogP contribution in [0.2, 0.25) is 0 Å². The minimum absolute atomic E-state index is 0.0930. The van der Waals surface area contributed by atoms with E-state index < -0.39 is 0 Å². The van der Waals surface area contributed by atoms with Gasteiger partial charge in [-0.15, -0.1) is 0 Å². The fourth-order valence-corrected chi connectivity index (χ4v) is 3.96. The number of hydrogen-bond acceptors (Lipinski definition) is 7. The molecule has 1 aliphatic heterocycles. The standard InChI is InChI=1S/C24H36FN5O3/c1-2-17(18-7-8-20(25)22(12-18)33-15-16-5-6-16)14-30(27)19(13-26)4-3-11-28-21-9-10-23(31)29-24(21)32/h7-8,12-13,16-17,21,28H,2-6,9-11,14-15,26-27H2,1H3,(H,29,31,32)/b19-13-. The summed E-state index contributed by atoms with van der Waals surface area (Å²) in [6.45, 7) is 3.78. The molecule has 1 aromatic rings. The van der Waals surface area contributed by atoms with Crippen molar-refractivity contribution in [3.05, 3.63) is 41.5 Å². The largest absolute Gasteiger partial charge is 0.490 e. The lowest BCUT2D eigenvalue weighted by Crippen LogP contribution is -2.50. The van der Waals surface area contributed by atoms with Crippen molar-refractivity contribution in [3.63, 3.8) is 0 Å². The SMILES string of the molecule is CCC(CN(N)/C(=C\N)CCCNC1CCC(=O)NC1=O)c1ccc(F)c(OCC2CC2)c1. The van der Waals surface area contributed by atoms with Gasteiger partial charge in [0.15, 0.2) is 11.6 Å². The maximum atomic E-state index is 14.2. The summed E-state index contributed by atoms with van der Waals surface area (Å²) in [5.41, 5.74) is 7.61. The van der Waals surface area contributed by atoms with Gasteiger partial charge in [0.25, 0.3) is 0 Å². The number of nitrogens with zero attached hydrogens (tertiary/aromatic N) is 1. The number of hydrogen-bond donors (Lipinski definition) is 4. The van der Waals surface area contributed by atoms with Crippen LogP contribution in [-0.4, -0.2) is 42.6 Å². The maximum Gasteiger partial charge on any atom is 0.243 e.